The Balaban J connectivity index is 1.85. The number of nitrogens with two attached hydrogens (primary N) is 1. The lowest BCUT2D eigenvalue weighted by atomic mass is 10.1. The normalized spacial score (nSPS) is 12.2. The maximum atomic E-state index is 6.12. The van der Waals surface area contributed by atoms with E-state index in [-0.39, 0.29) is 6.04 Å². The third kappa shape index (κ3) is 3.72. The number of nitrogens with zero attached hydrogens (tertiary/aromatic N) is 3. The van der Waals surface area contributed by atoms with Gasteiger partial charge in [-0.1, -0.05) is 30.3 Å². The second-order valence-electron chi connectivity index (χ2n) is 4.54. The van der Waals surface area contributed by atoms with E-state index in [0.29, 0.717) is 5.95 Å². The van der Waals surface area contributed by atoms with Gasteiger partial charge in [-0.25, -0.2) is 4.98 Å². The van der Waals surface area contributed by atoms with Crippen LogP contribution < -0.4 is 11.1 Å². The van der Waals surface area contributed by atoms with Crippen LogP contribution in [0.4, 0.5) is 5.95 Å². The predicted molar refractivity (Wildman–Crippen MR) is 75.8 cm³/mol. The Morgan fingerprint density at radius 1 is 1.11 bits per heavy atom. The van der Waals surface area contributed by atoms with Gasteiger partial charge in [0, 0.05) is 12.6 Å². The van der Waals surface area contributed by atoms with Crippen LogP contribution in [0.5, 0.6) is 0 Å². The average Bonchev–Trinajstić information content (AvgIpc) is 2.43. The van der Waals surface area contributed by atoms with Gasteiger partial charge in [-0.3, -0.25) is 0 Å². The summed E-state index contributed by atoms with van der Waals surface area (Å²) in [6.45, 7) is 4.54. The largest absolute Gasteiger partial charge is 0.353 e. The van der Waals surface area contributed by atoms with Gasteiger partial charge in [0.25, 0.3) is 0 Å². The molecule has 0 radical (unpaired) electrons. The average molecular weight is 257 g/mol. The number of benzene rings is 1. The van der Waals surface area contributed by atoms with Crippen molar-refractivity contribution >= 4 is 5.95 Å². The van der Waals surface area contributed by atoms with Crippen molar-refractivity contribution < 1.29 is 0 Å². The Kier molecular flexibility index (Phi) is 4.41. The van der Waals surface area contributed by atoms with Gasteiger partial charge in [0.1, 0.15) is 0 Å². The molecule has 5 heteroatoms. The maximum Gasteiger partial charge on any atom is 0.242 e. The van der Waals surface area contributed by atoms with Crippen molar-refractivity contribution in [3.05, 3.63) is 47.3 Å². The van der Waals surface area contributed by atoms with Crippen molar-refractivity contribution in [1.82, 2.24) is 15.2 Å². The highest BCUT2D eigenvalue weighted by Gasteiger charge is 2.06. The molecule has 0 amide bonds. The zero-order valence-electron chi connectivity index (χ0n) is 11.3. The van der Waals surface area contributed by atoms with Crippen LogP contribution in [0.3, 0.4) is 0 Å². The quantitative estimate of drug-likeness (QED) is 0.856. The SMILES string of the molecule is Cc1nnc(NCCC(N)c2ccccc2)nc1C. The molecule has 2 aromatic rings. The number of aromatic nitrogens is 3. The summed E-state index contributed by atoms with van der Waals surface area (Å²) in [4.78, 5) is 4.32. The number of aryl methyl sites for hydroxylation is 2. The van der Waals surface area contributed by atoms with Crippen LogP contribution >= 0.6 is 0 Å². The van der Waals surface area contributed by atoms with Gasteiger partial charge in [-0.05, 0) is 25.8 Å². The first kappa shape index (κ1) is 13.4. The minimum absolute atomic E-state index is 0.0215. The lowest BCUT2D eigenvalue weighted by Gasteiger charge is -2.12. The monoisotopic (exact) mass is 257 g/mol. The molecule has 1 aromatic carbocycles. The summed E-state index contributed by atoms with van der Waals surface area (Å²) in [5.74, 6) is 0.559. The molecule has 0 spiro atoms. The summed E-state index contributed by atoms with van der Waals surface area (Å²) in [5, 5.41) is 11.2. The van der Waals surface area contributed by atoms with Crippen LogP contribution in [0.15, 0.2) is 30.3 Å². The minimum atomic E-state index is 0.0215. The van der Waals surface area contributed by atoms with Gasteiger partial charge < -0.3 is 11.1 Å². The molecule has 0 fully saturated rings. The van der Waals surface area contributed by atoms with E-state index in [9.17, 15) is 0 Å². The molecule has 2 rings (SSSR count). The van der Waals surface area contributed by atoms with Gasteiger partial charge >= 0.3 is 0 Å². The number of hydrogen-bond donors (Lipinski definition) is 2. The predicted octanol–water partition coefficient (Wildman–Crippen LogP) is 1.99. The van der Waals surface area contributed by atoms with E-state index in [0.717, 1.165) is 29.9 Å². The van der Waals surface area contributed by atoms with Crippen LogP contribution in [0, 0.1) is 13.8 Å². The van der Waals surface area contributed by atoms with E-state index >= 15 is 0 Å². The van der Waals surface area contributed by atoms with Crippen molar-refractivity contribution in [1.29, 1.82) is 0 Å². The zero-order chi connectivity index (χ0) is 13.7. The van der Waals surface area contributed by atoms with Crippen molar-refractivity contribution in [3.8, 4) is 0 Å². The molecule has 1 unspecified atom stereocenters. The van der Waals surface area contributed by atoms with Gasteiger partial charge in [-0.15, -0.1) is 5.10 Å². The Bertz CT molecular complexity index is 527. The highest BCUT2D eigenvalue weighted by molar-refractivity contribution is 5.25. The molecule has 0 aliphatic carbocycles. The smallest absolute Gasteiger partial charge is 0.242 e. The fourth-order valence-corrected chi connectivity index (χ4v) is 1.74. The van der Waals surface area contributed by atoms with Crippen molar-refractivity contribution in [2.75, 3.05) is 11.9 Å². The molecule has 0 saturated carbocycles. The number of rotatable bonds is 5. The fourth-order valence-electron chi connectivity index (χ4n) is 1.74. The maximum absolute atomic E-state index is 6.12. The van der Waals surface area contributed by atoms with Crippen LogP contribution in [0.1, 0.15) is 29.4 Å². The Labute approximate surface area is 113 Å². The molecule has 0 aliphatic heterocycles. The minimum Gasteiger partial charge on any atom is -0.353 e. The summed E-state index contributed by atoms with van der Waals surface area (Å²) >= 11 is 0. The Morgan fingerprint density at radius 3 is 2.53 bits per heavy atom. The molecule has 5 nitrogen and oxygen atoms in total. The highest BCUT2D eigenvalue weighted by Crippen LogP contribution is 2.13. The number of hydrogen-bond acceptors (Lipinski definition) is 5. The third-order valence-electron chi connectivity index (χ3n) is 3.06. The molecule has 19 heavy (non-hydrogen) atoms. The van der Waals surface area contributed by atoms with Crippen LogP contribution in [-0.4, -0.2) is 21.7 Å². The van der Waals surface area contributed by atoms with E-state index in [4.69, 9.17) is 5.73 Å². The van der Waals surface area contributed by atoms with E-state index in [1.165, 1.54) is 0 Å². The fraction of sp³-hybridized carbons (Fsp3) is 0.357. The Morgan fingerprint density at radius 2 is 1.84 bits per heavy atom. The number of nitrogens with one attached hydrogen (secondary N) is 1. The summed E-state index contributed by atoms with van der Waals surface area (Å²) in [6.07, 6.45) is 0.820. The second kappa shape index (κ2) is 6.24. The first-order valence-electron chi connectivity index (χ1n) is 6.39. The van der Waals surface area contributed by atoms with Crippen LogP contribution in [0.2, 0.25) is 0 Å². The molecular weight excluding hydrogens is 238 g/mol. The molecule has 100 valence electrons. The number of anilines is 1. The molecule has 0 aliphatic rings. The molecule has 1 heterocycles. The van der Waals surface area contributed by atoms with Gasteiger partial charge in [0.15, 0.2) is 0 Å². The molecule has 3 N–H and O–H groups in total. The standard InChI is InChI=1S/C14H19N5/c1-10-11(2)18-19-14(17-10)16-9-8-13(15)12-6-4-3-5-7-12/h3-7,13H,8-9,15H2,1-2H3,(H,16,17,19). The summed E-state index contributed by atoms with van der Waals surface area (Å²) < 4.78 is 0. The van der Waals surface area contributed by atoms with E-state index in [2.05, 4.69) is 20.5 Å². The van der Waals surface area contributed by atoms with Gasteiger partial charge in [0.2, 0.25) is 5.95 Å². The Hall–Kier alpha value is -2.01. The lowest BCUT2D eigenvalue weighted by molar-refractivity contribution is 0.671. The van der Waals surface area contributed by atoms with Gasteiger partial charge in [-0.2, -0.15) is 5.10 Å². The van der Waals surface area contributed by atoms with Gasteiger partial charge in [0.05, 0.1) is 11.4 Å². The molecular formula is C14H19N5. The molecule has 1 atom stereocenters. The first-order chi connectivity index (χ1) is 9.16. The third-order valence-corrected chi connectivity index (χ3v) is 3.06. The molecule has 1 aromatic heterocycles. The summed E-state index contributed by atoms with van der Waals surface area (Å²) in [6, 6.07) is 10.1. The summed E-state index contributed by atoms with van der Waals surface area (Å²) in [5.41, 5.74) is 9.01. The van der Waals surface area contributed by atoms with Crippen molar-refractivity contribution in [2.24, 2.45) is 5.73 Å². The first-order valence-corrected chi connectivity index (χ1v) is 6.39. The lowest BCUT2D eigenvalue weighted by Crippen LogP contribution is -2.16. The second-order valence-corrected chi connectivity index (χ2v) is 4.54. The topological polar surface area (TPSA) is 76.7 Å². The van der Waals surface area contributed by atoms with Crippen molar-refractivity contribution in [3.63, 3.8) is 0 Å². The van der Waals surface area contributed by atoms with E-state index in [1.807, 2.05) is 44.2 Å². The highest BCUT2D eigenvalue weighted by atomic mass is 15.2. The van der Waals surface area contributed by atoms with E-state index < -0.39 is 0 Å². The molecule has 0 bridgehead atoms. The van der Waals surface area contributed by atoms with E-state index in [1.54, 1.807) is 0 Å². The summed E-state index contributed by atoms with van der Waals surface area (Å²) in [7, 11) is 0. The van der Waals surface area contributed by atoms with Crippen LogP contribution in [0.25, 0.3) is 0 Å². The zero-order valence-corrected chi connectivity index (χ0v) is 11.3. The van der Waals surface area contributed by atoms with Crippen molar-refractivity contribution in [2.45, 2.75) is 26.3 Å². The molecule has 0 saturated heterocycles. The van der Waals surface area contributed by atoms with Crippen LogP contribution in [-0.2, 0) is 0 Å².